The molecular weight excluding hydrogens is 276 g/mol. The molecule has 2 N–H and O–H groups in total. The largest absolute Gasteiger partial charge is 0.322 e. The summed E-state index contributed by atoms with van der Waals surface area (Å²) >= 11 is 0. The molecule has 1 unspecified atom stereocenters. The van der Waals surface area contributed by atoms with Gasteiger partial charge in [0.1, 0.15) is 0 Å². The van der Waals surface area contributed by atoms with Crippen LogP contribution < -0.4 is 10.0 Å². The summed E-state index contributed by atoms with van der Waals surface area (Å²) in [5.41, 5.74) is 0.917. The highest BCUT2D eigenvalue weighted by Gasteiger charge is 2.16. The first-order valence-corrected chi connectivity index (χ1v) is 7.84. The second-order valence-corrected chi connectivity index (χ2v) is 6.40. The van der Waals surface area contributed by atoms with Gasteiger partial charge in [0.25, 0.3) is 5.91 Å². The Bertz CT molecular complexity index is 591. The minimum atomic E-state index is -3.51. The molecule has 1 aromatic rings. The van der Waals surface area contributed by atoms with Crippen LogP contribution in [0.5, 0.6) is 0 Å². The van der Waals surface area contributed by atoms with Gasteiger partial charge in [-0.05, 0) is 44.5 Å². The molecule has 0 fully saturated rings. The molecule has 0 saturated carbocycles. The molecule has 6 heteroatoms. The van der Waals surface area contributed by atoms with E-state index in [0.29, 0.717) is 17.7 Å². The lowest BCUT2D eigenvalue weighted by atomic mass is 10.3. The van der Waals surface area contributed by atoms with Crippen molar-refractivity contribution in [3.63, 3.8) is 0 Å². The van der Waals surface area contributed by atoms with E-state index in [2.05, 4.69) is 16.6 Å². The first kappa shape index (κ1) is 16.4. The highest BCUT2D eigenvalue weighted by atomic mass is 32.2. The van der Waals surface area contributed by atoms with Gasteiger partial charge in [-0.3, -0.25) is 4.79 Å². The number of benzene rings is 1. The van der Waals surface area contributed by atoms with Crippen LogP contribution in [0.15, 0.2) is 41.3 Å². The zero-order chi connectivity index (χ0) is 15.3. The molecule has 5 nitrogen and oxygen atoms in total. The maximum atomic E-state index is 12.0. The third kappa shape index (κ3) is 4.47. The van der Waals surface area contributed by atoms with Crippen LogP contribution in [0.25, 0.3) is 0 Å². The molecule has 1 atom stereocenters. The van der Waals surface area contributed by atoms with Crippen LogP contribution in [0, 0.1) is 0 Å². The van der Waals surface area contributed by atoms with Crippen molar-refractivity contribution in [1.82, 2.24) is 4.72 Å². The van der Waals surface area contributed by atoms with E-state index in [1.807, 2.05) is 6.92 Å². The molecule has 0 aliphatic heterocycles. The number of hydrogen-bond acceptors (Lipinski definition) is 3. The quantitative estimate of drug-likeness (QED) is 0.791. The highest BCUT2D eigenvalue weighted by molar-refractivity contribution is 7.89. The average Bonchev–Trinajstić information content (AvgIpc) is 2.38. The van der Waals surface area contributed by atoms with E-state index >= 15 is 0 Å². The van der Waals surface area contributed by atoms with Gasteiger partial charge in [0.15, 0.2) is 0 Å². The summed E-state index contributed by atoms with van der Waals surface area (Å²) in [5.74, 6) is -0.293. The number of nitrogens with one attached hydrogen (secondary N) is 2. The van der Waals surface area contributed by atoms with Gasteiger partial charge in [-0.1, -0.05) is 13.5 Å². The number of hydrogen-bond donors (Lipinski definition) is 2. The summed E-state index contributed by atoms with van der Waals surface area (Å²) in [6, 6.07) is 5.89. The smallest absolute Gasteiger partial charge is 0.250 e. The van der Waals surface area contributed by atoms with Crippen LogP contribution in [-0.4, -0.2) is 20.4 Å². The number of amides is 1. The topological polar surface area (TPSA) is 75.3 Å². The second-order valence-electron chi connectivity index (χ2n) is 4.69. The van der Waals surface area contributed by atoms with Crippen molar-refractivity contribution in [3.05, 3.63) is 36.4 Å². The fourth-order valence-electron chi connectivity index (χ4n) is 1.37. The Balaban J connectivity index is 2.86. The maximum absolute atomic E-state index is 12.0. The molecule has 1 aromatic carbocycles. The SMILES string of the molecule is C=C(C)C(=O)Nc1ccc(S(=O)(=O)NC(C)CC)cc1. The summed E-state index contributed by atoms with van der Waals surface area (Å²) in [6.07, 6.45) is 0.714. The molecule has 0 aliphatic carbocycles. The molecule has 0 radical (unpaired) electrons. The van der Waals surface area contributed by atoms with Gasteiger partial charge >= 0.3 is 0 Å². The molecule has 0 heterocycles. The number of rotatable bonds is 6. The molecule has 20 heavy (non-hydrogen) atoms. The lowest BCUT2D eigenvalue weighted by Gasteiger charge is -2.12. The fourth-order valence-corrected chi connectivity index (χ4v) is 2.70. The van der Waals surface area contributed by atoms with Crippen LogP contribution in [-0.2, 0) is 14.8 Å². The highest BCUT2D eigenvalue weighted by Crippen LogP contribution is 2.15. The van der Waals surface area contributed by atoms with Crippen molar-refractivity contribution in [2.24, 2.45) is 0 Å². The van der Waals surface area contributed by atoms with E-state index in [1.54, 1.807) is 26.0 Å². The Morgan fingerprint density at radius 2 is 1.85 bits per heavy atom. The molecule has 0 bridgehead atoms. The van der Waals surface area contributed by atoms with Crippen LogP contribution >= 0.6 is 0 Å². The minimum Gasteiger partial charge on any atom is -0.322 e. The Hall–Kier alpha value is -1.66. The van der Waals surface area contributed by atoms with E-state index in [0.717, 1.165) is 0 Å². The monoisotopic (exact) mass is 296 g/mol. The zero-order valence-corrected chi connectivity index (χ0v) is 12.8. The minimum absolute atomic E-state index is 0.122. The van der Waals surface area contributed by atoms with E-state index in [9.17, 15) is 13.2 Å². The lowest BCUT2D eigenvalue weighted by Crippen LogP contribution is -2.31. The zero-order valence-electron chi connectivity index (χ0n) is 11.9. The Labute approximate surface area is 120 Å². The normalized spacial score (nSPS) is 12.8. The van der Waals surface area contributed by atoms with E-state index in [4.69, 9.17) is 0 Å². The van der Waals surface area contributed by atoms with Gasteiger partial charge in [0.2, 0.25) is 10.0 Å². The van der Waals surface area contributed by atoms with Crippen molar-refractivity contribution in [2.75, 3.05) is 5.32 Å². The first-order valence-electron chi connectivity index (χ1n) is 6.35. The second kappa shape index (κ2) is 6.67. The van der Waals surface area contributed by atoms with Crippen LogP contribution in [0.3, 0.4) is 0 Å². The molecule has 110 valence electrons. The third-order valence-corrected chi connectivity index (χ3v) is 4.38. The Morgan fingerprint density at radius 1 is 1.30 bits per heavy atom. The van der Waals surface area contributed by atoms with Gasteiger partial charge in [-0.2, -0.15) is 0 Å². The Kier molecular flexibility index (Phi) is 5.47. The molecule has 0 aromatic heterocycles. The van der Waals surface area contributed by atoms with E-state index in [1.165, 1.54) is 12.1 Å². The predicted molar refractivity (Wildman–Crippen MR) is 80.0 cm³/mol. The van der Waals surface area contributed by atoms with Crippen LogP contribution in [0.1, 0.15) is 27.2 Å². The van der Waals surface area contributed by atoms with Crippen molar-refractivity contribution < 1.29 is 13.2 Å². The van der Waals surface area contributed by atoms with Gasteiger partial charge in [-0.25, -0.2) is 13.1 Å². The van der Waals surface area contributed by atoms with E-state index < -0.39 is 10.0 Å². The molecule has 0 saturated heterocycles. The van der Waals surface area contributed by atoms with E-state index in [-0.39, 0.29) is 16.8 Å². The van der Waals surface area contributed by atoms with Crippen molar-refractivity contribution >= 4 is 21.6 Å². The predicted octanol–water partition coefficient (Wildman–Crippen LogP) is 2.28. The number of carbonyl (C=O) groups excluding carboxylic acids is 1. The number of anilines is 1. The molecule has 0 spiro atoms. The summed E-state index contributed by atoms with van der Waals surface area (Å²) in [6.45, 7) is 8.84. The van der Waals surface area contributed by atoms with Crippen LogP contribution in [0.4, 0.5) is 5.69 Å². The van der Waals surface area contributed by atoms with Gasteiger partial charge in [0.05, 0.1) is 4.90 Å². The molecule has 0 aliphatic rings. The van der Waals surface area contributed by atoms with Crippen molar-refractivity contribution in [2.45, 2.75) is 38.1 Å². The lowest BCUT2D eigenvalue weighted by molar-refractivity contribution is -0.112. The van der Waals surface area contributed by atoms with Gasteiger partial charge < -0.3 is 5.32 Å². The summed E-state index contributed by atoms with van der Waals surface area (Å²) < 4.78 is 26.6. The summed E-state index contributed by atoms with van der Waals surface area (Å²) in [4.78, 5) is 11.6. The first-order chi connectivity index (χ1) is 9.26. The molecule has 1 rings (SSSR count). The van der Waals surface area contributed by atoms with Gasteiger partial charge in [-0.15, -0.1) is 0 Å². The van der Waals surface area contributed by atoms with Crippen molar-refractivity contribution in [1.29, 1.82) is 0 Å². The Morgan fingerprint density at radius 3 is 2.30 bits per heavy atom. The average molecular weight is 296 g/mol. The summed E-state index contributed by atoms with van der Waals surface area (Å²) in [7, 11) is -3.51. The van der Waals surface area contributed by atoms with Crippen molar-refractivity contribution in [3.8, 4) is 0 Å². The van der Waals surface area contributed by atoms with Crippen LogP contribution in [0.2, 0.25) is 0 Å². The number of carbonyl (C=O) groups is 1. The molecule has 1 amide bonds. The van der Waals surface area contributed by atoms with Gasteiger partial charge in [0, 0.05) is 17.3 Å². The standard InChI is InChI=1S/C14H20N2O3S/c1-5-11(4)16-20(18,19)13-8-6-12(7-9-13)15-14(17)10(2)3/h6-9,11,16H,2,5H2,1,3-4H3,(H,15,17). The number of sulfonamides is 1. The third-order valence-electron chi connectivity index (χ3n) is 2.78. The summed E-state index contributed by atoms with van der Waals surface area (Å²) in [5, 5.41) is 2.62. The molecular formula is C14H20N2O3S. The fraction of sp³-hybridized carbons (Fsp3) is 0.357. The maximum Gasteiger partial charge on any atom is 0.250 e.